The number of piperidine rings is 2. The van der Waals surface area contributed by atoms with E-state index < -0.39 is 0 Å². The molecule has 0 bridgehead atoms. The third-order valence-electron chi connectivity index (χ3n) is 5.99. The number of nitrogens with one attached hydrogen (secondary N) is 2. The summed E-state index contributed by atoms with van der Waals surface area (Å²) in [6.07, 6.45) is 4.86. The van der Waals surface area contributed by atoms with Crippen LogP contribution >= 0.6 is 11.8 Å². The smallest absolute Gasteiger partial charge is 0.294 e. The molecule has 4 rings (SSSR count). The van der Waals surface area contributed by atoms with E-state index in [9.17, 15) is 9.59 Å². The van der Waals surface area contributed by atoms with Crippen LogP contribution in [0.25, 0.3) is 0 Å². The molecule has 2 saturated heterocycles. The molecular formula is C21H30N3O2S+. The lowest BCUT2D eigenvalue weighted by Crippen LogP contribution is -3.17. The van der Waals surface area contributed by atoms with Gasteiger partial charge in [0.25, 0.3) is 11.8 Å². The molecule has 0 aromatic heterocycles. The number of quaternary nitrogens is 1. The first-order valence-corrected chi connectivity index (χ1v) is 11.1. The van der Waals surface area contributed by atoms with Gasteiger partial charge in [0, 0.05) is 23.5 Å². The Morgan fingerprint density at radius 1 is 1.15 bits per heavy atom. The van der Waals surface area contributed by atoms with E-state index in [1.807, 2.05) is 23.1 Å². The Balaban J connectivity index is 1.50. The van der Waals surface area contributed by atoms with Gasteiger partial charge in [-0.2, -0.15) is 0 Å². The molecule has 1 aromatic carbocycles. The molecule has 0 spiro atoms. The minimum Gasteiger partial charge on any atom is -0.338 e. The average Bonchev–Trinajstić information content (AvgIpc) is 2.66. The third kappa shape index (κ3) is 4.02. The number of nitrogens with zero attached hydrogens (tertiary/aromatic N) is 1. The van der Waals surface area contributed by atoms with Crippen molar-refractivity contribution in [3.63, 3.8) is 0 Å². The highest BCUT2D eigenvalue weighted by Crippen LogP contribution is 2.35. The summed E-state index contributed by atoms with van der Waals surface area (Å²) < 4.78 is 0. The fourth-order valence-corrected chi connectivity index (χ4v) is 6.00. The zero-order chi connectivity index (χ0) is 19.0. The van der Waals surface area contributed by atoms with Gasteiger partial charge in [0.1, 0.15) is 0 Å². The van der Waals surface area contributed by atoms with Gasteiger partial charge in [-0.3, -0.25) is 9.59 Å². The van der Waals surface area contributed by atoms with Gasteiger partial charge in [0.05, 0.1) is 18.8 Å². The second kappa shape index (κ2) is 7.84. The average molecular weight is 389 g/mol. The second-order valence-corrected chi connectivity index (χ2v) is 9.72. The maximum Gasteiger partial charge on any atom is 0.294 e. The van der Waals surface area contributed by atoms with Crippen LogP contribution < -0.4 is 10.2 Å². The standard InChI is InChI=1S/C21H29N3O2S/c1-14-10-15(2)13-24(12-14)20(26)16-6-7-18-17(11-16)22-19(25)21(27-18)23-8-4-3-5-9-23/h6-7,11,14-15,21H,3-5,8-10,12-13H2,1-2H3,(H,22,25)/p+1. The van der Waals surface area contributed by atoms with Crippen LogP contribution in [0.15, 0.2) is 23.1 Å². The molecule has 2 amide bonds. The quantitative estimate of drug-likeness (QED) is 0.817. The number of thioether (sulfide) groups is 1. The molecule has 0 saturated carbocycles. The predicted octanol–water partition coefficient (Wildman–Crippen LogP) is 2.24. The number of carbonyl (C=O) groups excluding carboxylic acids is 2. The third-order valence-corrected chi connectivity index (χ3v) is 7.38. The number of anilines is 1. The normalized spacial score (nSPS) is 29.2. The molecule has 0 radical (unpaired) electrons. The predicted molar refractivity (Wildman–Crippen MR) is 108 cm³/mol. The summed E-state index contributed by atoms with van der Waals surface area (Å²) in [6, 6.07) is 5.81. The zero-order valence-electron chi connectivity index (χ0n) is 16.3. The van der Waals surface area contributed by atoms with Crippen molar-refractivity contribution in [2.75, 3.05) is 31.5 Å². The Morgan fingerprint density at radius 2 is 1.85 bits per heavy atom. The van der Waals surface area contributed by atoms with Crippen molar-refractivity contribution in [3.8, 4) is 0 Å². The van der Waals surface area contributed by atoms with Gasteiger partial charge in [-0.1, -0.05) is 25.6 Å². The minimum absolute atomic E-state index is 0.0665. The number of carbonyl (C=O) groups is 2. The first-order valence-electron chi connectivity index (χ1n) is 10.3. The lowest BCUT2D eigenvalue weighted by atomic mass is 9.91. The van der Waals surface area contributed by atoms with Crippen molar-refractivity contribution >= 4 is 29.3 Å². The SMILES string of the molecule is CC1CC(C)CN(C(=O)c2ccc3c(c2)NC(=O)C([NH+]2CCCCC2)S3)C1. The van der Waals surface area contributed by atoms with Crippen LogP contribution in [0.1, 0.15) is 49.9 Å². The number of hydrogen-bond acceptors (Lipinski definition) is 3. The summed E-state index contributed by atoms with van der Waals surface area (Å²) in [5, 5.41) is 3.01. The van der Waals surface area contributed by atoms with Gasteiger partial charge in [-0.05, 0) is 55.7 Å². The maximum absolute atomic E-state index is 13.0. The lowest BCUT2D eigenvalue weighted by Gasteiger charge is -2.35. The molecule has 3 aliphatic rings. The molecule has 2 N–H and O–H groups in total. The van der Waals surface area contributed by atoms with Crippen molar-refractivity contribution in [1.82, 2.24) is 4.90 Å². The van der Waals surface area contributed by atoms with E-state index in [1.54, 1.807) is 11.8 Å². The lowest BCUT2D eigenvalue weighted by molar-refractivity contribution is -0.906. The summed E-state index contributed by atoms with van der Waals surface area (Å²) >= 11 is 1.65. The number of rotatable bonds is 2. The van der Waals surface area contributed by atoms with E-state index in [-0.39, 0.29) is 17.2 Å². The molecule has 1 aromatic rings. The minimum atomic E-state index is -0.0665. The number of fused-ring (bicyclic) bond motifs is 1. The van der Waals surface area contributed by atoms with Crippen LogP contribution in [0, 0.1) is 11.8 Å². The second-order valence-electron chi connectivity index (χ2n) is 8.57. The first-order chi connectivity index (χ1) is 13.0. The van der Waals surface area contributed by atoms with Crippen LogP contribution in [0.3, 0.4) is 0 Å². The molecule has 2 fully saturated rings. The Labute approximate surface area is 165 Å². The number of hydrogen-bond donors (Lipinski definition) is 2. The Kier molecular flexibility index (Phi) is 5.46. The highest BCUT2D eigenvalue weighted by Gasteiger charge is 2.36. The molecule has 0 aliphatic carbocycles. The summed E-state index contributed by atoms with van der Waals surface area (Å²) in [6.45, 7) is 8.21. The highest BCUT2D eigenvalue weighted by atomic mass is 32.2. The molecule has 3 heterocycles. The zero-order valence-corrected chi connectivity index (χ0v) is 17.1. The van der Waals surface area contributed by atoms with Gasteiger partial charge in [0.15, 0.2) is 0 Å². The van der Waals surface area contributed by atoms with Crippen molar-refractivity contribution in [2.24, 2.45) is 11.8 Å². The van der Waals surface area contributed by atoms with E-state index >= 15 is 0 Å². The molecule has 3 unspecified atom stereocenters. The molecule has 146 valence electrons. The first kappa shape index (κ1) is 18.8. The largest absolute Gasteiger partial charge is 0.338 e. The summed E-state index contributed by atoms with van der Waals surface area (Å²) in [7, 11) is 0. The number of benzene rings is 1. The van der Waals surface area contributed by atoms with Crippen LogP contribution in [0.5, 0.6) is 0 Å². The molecule has 3 aliphatic heterocycles. The molecular weight excluding hydrogens is 358 g/mol. The summed E-state index contributed by atoms with van der Waals surface area (Å²) in [5.41, 5.74) is 1.47. The monoisotopic (exact) mass is 388 g/mol. The van der Waals surface area contributed by atoms with Gasteiger partial charge < -0.3 is 15.1 Å². The van der Waals surface area contributed by atoms with Crippen molar-refractivity contribution in [2.45, 2.75) is 49.8 Å². The fraction of sp³-hybridized carbons (Fsp3) is 0.619. The summed E-state index contributed by atoms with van der Waals surface area (Å²) in [4.78, 5) is 30.1. The Morgan fingerprint density at radius 3 is 2.56 bits per heavy atom. The molecule has 3 atom stereocenters. The maximum atomic E-state index is 13.0. The number of amides is 2. The van der Waals surface area contributed by atoms with Gasteiger partial charge >= 0.3 is 0 Å². The van der Waals surface area contributed by atoms with E-state index in [1.165, 1.54) is 30.6 Å². The molecule has 27 heavy (non-hydrogen) atoms. The Hall–Kier alpha value is -1.53. The Bertz CT molecular complexity index is 722. The molecule has 5 nitrogen and oxygen atoms in total. The summed E-state index contributed by atoms with van der Waals surface area (Å²) in [5.74, 6) is 1.24. The van der Waals surface area contributed by atoms with Crippen molar-refractivity contribution in [3.05, 3.63) is 23.8 Å². The van der Waals surface area contributed by atoms with Crippen molar-refractivity contribution in [1.29, 1.82) is 0 Å². The van der Waals surface area contributed by atoms with Crippen LogP contribution in [0.4, 0.5) is 5.69 Å². The van der Waals surface area contributed by atoms with E-state index in [0.29, 0.717) is 17.4 Å². The van der Waals surface area contributed by atoms with Crippen LogP contribution in [0.2, 0.25) is 0 Å². The van der Waals surface area contributed by atoms with E-state index in [4.69, 9.17) is 0 Å². The van der Waals surface area contributed by atoms with Gasteiger partial charge in [0.2, 0.25) is 5.37 Å². The topological polar surface area (TPSA) is 53.9 Å². The highest BCUT2D eigenvalue weighted by molar-refractivity contribution is 8.00. The molecule has 6 heteroatoms. The van der Waals surface area contributed by atoms with Crippen LogP contribution in [-0.2, 0) is 4.79 Å². The van der Waals surface area contributed by atoms with Gasteiger partial charge in [-0.15, -0.1) is 0 Å². The fourth-order valence-electron chi connectivity index (χ4n) is 4.79. The van der Waals surface area contributed by atoms with E-state index in [0.717, 1.165) is 36.8 Å². The van der Waals surface area contributed by atoms with Gasteiger partial charge in [-0.25, -0.2) is 0 Å². The van der Waals surface area contributed by atoms with Crippen molar-refractivity contribution < 1.29 is 14.5 Å². The van der Waals surface area contributed by atoms with E-state index in [2.05, 4.69) is 19.2 Å². The number of likely N-dealkylation sites (tertiary alicyclic amines) is 2. The van der Waals surface area contributed by atoms with Crippen LogP contribution in [-0.4, -0.2) is 48.3 Å².